The highest BCUT2D eigenvalue weighted by Gasteiger charge is 2.14. The summed E-state index contributed by atoms with van der Waals surface area (Å²) in [7, 11) is 1.53. The molecular weight excluding hydrogens is 292 g/mol. The molecule has 2 rings (SSSR count). The lowest BCUT2D eigenvalue weighted by Crippen LogP contribution is -2.18. The highest BCUT2D eigenvalue weighted by atomic mass is 35.5. The fourth-order valence-electron chi connectivity index (χ4n) is 1.78. The monoisotopic (exact) mass is 306 g/mol. The molecule has 0 spiro atoms. The molecule has 0 aliphatic heterocycles. The lowest BCUT2D eigenvalue weighted by Gasteiger charge is -2.08. The Morgan fingerprint density at radius 1 is 1.19 bits per heavy atom. The molecule has 5 nitrogen and oxygen atoms in total. The van der Waals surface area contributed by atoms with E-state index in [1.807, 2.05) is 6.92 Å². The molecule has 0 aliphatic rings. The van der Waals surface area contributed by atoms with Crippen molar-refractivity contribution in [1.29, 1.82) is 0 Å². The predicted molar refractivity (Wildman–Crippen MR) is 80.9 cm³/mol. The van der Waals surface area contributed by atoms with Crippen LogP contribution in [0.15, 0.2) is 34.7 Å². The number of aryl methyl sites for hydroxylation is 1. The largest absolute Gasteiger partial charge is 0.456 e. The summed E-state index contributed by atoms with van der Waals surface area (Å²) in [6, 6.07) is 8.01. The van der Waals surface area contributed by atoms with Gasteiger partial charge < -0.3 is 15.1 Å². The number of rotatable bonds is 4. The predicted octanol–water partition coefficient (Wildman–Crippen LogP) is 3.11. The summed E-state index contributed by atoms with van der Waals surface area (Å²) in [6.45, 7) is 1.93. The van der Waals surface area contributed by atoms with Crippen molar-refractivity contribution < 1.29 is 14.0 Å². The molecule has 21 heavy (non-hydrogen) atoms. The Morgan fingerprint density at radius 2 is 1.95 bits per heavy atom. The second kappa shape index (κ2) is 6.45. The molecule has 0 bridgehead atoms. The van der Waals surface area contributed by atoms with E-state index in [9.17, 15) is 9.59 Å². The van der Waals surface area contributed by atoms with E-state index in [2.05, 4.69) is 10.6 Å². The average Bonchev–Trinajstić information content (AvgIpc) is 2.97. The molecule has 110 valence electrons. The Labute approximate surface area is 127 Å². The van der Waals surface area contributed by atoms with Crippen molar-refractivity contribution in [2.45, 2.75) is 13.3 Å². The number of nitrogens with one attached hydrogen (secondary N) is 2. The maximum absolute atomic E-state index is 12.1. The highest BCUT2D eigenvalue weighted by molar-refractivity contribution is 6.34. The number of carbonyl (C=O) groups is 2. The lowest BCUT2D eigenvalue weighted by atomic mass is 10.2. The lowest BCUT2D eigenvalue weighted by molar-refractivity contribution is 0.0960. The van der Waals surface area contributed by atoms with Gasteiger partial charge in [-0.25, -0.2) is 0 Å². The van der Waals surface area contributed by atoms with Crippen molar-refractivity contribution in [3.05, 3.63) is 52.4 Å². The van der Waals surface area contributed by atoms with Crippen molar-refractivity contribution in [3.63, 3.8) is 0 Å². The minimum atomic E-state index is -0.411. The van der Waals surface area contributed by atoms with Crippen molar-refractivity contribution in [3.8, 4) is 0 Å². The first-order chi connectivity index (χ1) is 10.0. The Bertz CT molecular complexity index is 679. The number of furan rings is 1. The molecule has 2 N–H and O–H groups in total. The Balaban J connectivity index is 2.22. The molecule has 0 fully saturated rings. The van der Waals surface area contributed by atoms with Gasteiger partial charge in [-0.2, -0.15) is 0 Å². The fraction of sp³-hybridized carbons (Fsp3) is 0.200. The van der Waals surface area contributed by atoms with Gasteiger partial charge in [0.1, 0.15) is 5.76 Å². The summed E-state index contributed by atoms with van der Waals surface area (Å²) >= 11 is 6.03. The van der Waals surface area contributed by atoms with Crippen LogP contribution in [0.25, 0.3) is 0 Å². The zero-order valence-electron chi connectivity index (χ0n) is 11.7. The van der Waals surface area contributed by atoms with Crippen LogP contribution in [0.2, 0.25) is 5.02 Å². The SMILES string of the molecule is CCc1ccc(C(=O)Nc2cc(C(=O)NC)ccc2Cl)o1. The molecule has 0 radical (unpaired) electrons. The Hall–Kier alpha value is -2.27. The maximum Gasteiger partial charge on any atom is 0.291 e. The van der Waals surface area contributed by atoms with Gasteiger partial charge in [-0.3, -0.25) is 9.59 Å². The Morgan fingerprint density at radius 3 is 2.57 bits per heavy atom. The molecule has 0 aliphatic carbocycles. The van der Waals surface area contributed by atoms with E-state index >= 15 is 0 Å². The van der Waals surface area contributed by atoms with Gasteiger partial charge in [0.25, 0.3) is 11.8 Å². The number of amides is 2. The molecular formula is C15H15ClN2O3. The van der Waals surface area contributed by atoms with Crippen molar-refractivity contribution in [1.82, 2.24) is 5.32 Å². The molecule has 2 amide bonds. The van der Waals surface area contributed by atoms with E-state index in [-0.39, 0.29) is 11.7 Å². The zero-order valence-corrected chi connectivity index (χ0v) is 12.5. The topological polar surface area (TPSA) is 71.3 Å². The number of anilines is 1. The molecule has 0 unspecified atom stereocenters. The summed E-state index contributed by atoms with van der Waals surface area (Å²) in [5.74, 6) is 0.262. The summed E-state index contributed by atoms with van der Waals surface area (Å²) in [5, 5.41) is 5.49. The van der Waals surface area contributed by atoms with E-state index in [0.717, 1.165) is 5.76 Å². The molecule has 1 aromatic heterocycles. The minimum Gasteiger partial charge on any atom is -0.456 e. The summed E-state index contributed by atoms with van der Waals surface area (Å²) in [4.78, 5) is 23.7. The van der Waals surface area contributed by atoms with E-state index in [1.165, 1.54) is 13.1 Å². The van der Waals surface area contributed by atoms with E-state index < -0.39 is 5.91 Å². The molecule has 0 atom stereocenters. The summed E-state index contributed by atoms with van der Waals surface area (Å²) in [6.07, 6.45) is 0.709. The summed E-state index contributed by atoms with van der Waals surface area (Å²) in [5.41, 5.74) is 0.767. The number of benzene rings is 1. The third-order valence-corrected chi connectivity index (χ3v) is 3.27. The van der Waals surface area contributed by atoms with Gasteiger partial charge in [0.15, 0.2) is 5.76 Å². The minimum absolute atomic E-state index is 0.202. The van der Waals surface area contributed by atoms with E-state index in [0.29, 0.717) is 22.7 Å². The first-order valence-corrected chi connectivity index (χ1v) is 6.84. The van der Waals surface area contributed by atoms with Crippen LogP contribution in [0.5, 0.6) is 0 Å². The van der Waals surface area contributed by atoms with Gasteiger partial charge in [-0.15, -0.1) is 0 Å². The number of hydrogen-bond donors (Lipinski definition) is 2. The molecule has 6 heteroatoms. The molecule has 1 heterocycles. The molecule has 0 saturated heterocycles. The van der Waals surface area contributed by atoms with Crippen LogP contribution in [0, 0.1) is 0 Å². The van der Waals surface area contributed by atoms with Crippen molar-refractivity contribution in [2.75, 3.05) is 12.4 Å². The van der Waals surface area contributed by atoms with E-state index in [4.69, 9.17) is 16.0 Å². The van der Waals surface area contributed by atoms with Crippen LogP contribution in [0.3, 0.4) is 0 Å². The third kappa shape index (κ3) is 3.44. The summed E-state index contributed by atoms with van der Waals surface area (Å²) < 4.78 is 5.37. The zero-order chi connectivity index (χ0) is 15.4. The smallest absolute Gasteiger partial charge is 0.291 e. The normalized spacial score (nSPS) is 10.2. The molecule has 2 aromatic rings. The van der Waals surface area contributed by atoms with Crippen LogP contribution in [-0.4, -0.2) is 18.9 Å². The van der Waals surface area contributed by atoms with Crippen LogP contribution in [0.4, 0.5) is 5.69 Å². The number of carbonyl (C=O) groups excluding carboxylic acids is 2. The molecule has 1 aromatic carbocycles. The van der Waals surface area contributed by atoms with Crippen molar-refractivity contribution >= 4 is 29.1 Å². The first kappa shape index (κ1) is 15.1. The molecule has 0 saturated carbocycles. The van der Waals surface area contributed by atoms with Gasteiger partial charge in [0, 0.05) is 19.0 Å². The third-order valence-electron chi connectivity index (χ3n) is 2.94. The van der Waals surface area contributed by atoms with Gasteiger partial charge in [-0.1, -0.05) is 18.5 Å². The van der Waals surface area contributed by atoms with Crippen molar-refractivity contribution in [2.24, 2.45) is 0 Å². The standard InChI is InChI=1S/C15H15ClN2O3/c1-3-10-5-7-13(21-10)15(20)18-12-8-9(14(19)17-2)4-6-11(12)16/h4-8H,3H2,1-2H3,(H,17,19)(H,18,20). The van der Waals surface area contributed by atoms with Crippen LogP contribution in [-0.2, 0) is 6.42 Å². The number of halogens is 1. The second-order valence-electron chi connectivity index (χ2n) is 4.35. The van der Waals surface area contributed by atoms with Crippen LogP contribution in [0.1, 0.15) is 33.6 Å². The number of hydrogen-bond acceptors (Lipinski definition) is 3. The first-order valence-electron chi connectivity index (χ1n) is 6.46. The van der Waals surface area contributed by atoms with Gasteiger partial charge in [0.05, 0.1) is 10.7 Å². The fourth-order valence-corrected chi connectivity index (χ4v) is 1.95. The van der Waals surface area contributed by atoms with Crippen LogP contribution >= 0.6 is 11.6 Å². The second-order valence-corrected chi connectivity index (χ2v) is 4.75. The quantitative estimate of drug-likeness (QED) is 0.911. The maximum atomic E-state index is 12.1. The highest BCUT2D eigenvalue weighted by Crippen LogP contribution is 2.24. The van der Waals surface area contributed by atoms with Gasteiger partial charge in [0.2, 0.25) is 0 Å². The van der Waals surface area contributed by atoms with Gasteiger partial charge in [-0.05, 0) is 30.3 Å². The average molecular weight is 307 g/mol. The van der Waals surface area contributed by atoms with E-state index in [1.54, 1.807) is 24.3 Å². The Kier molecular flexibility index (Phi) is 4.65. The van der Waals surface area contributed by atoms with Crippen LogP contribution < -0.4 is 10.6 Å². The van der Waals surface area contributed by atoms with Gasteiger partial charge >= 0.3 is 0 Å².